The number of hydrogen-bond acceptors (Lipinski definition) is 2. The van der Waals surface area contributed by atoms with Crippen LogP contribution in [0.15, 0.2) is 0 Å². The highest BCUT2D eigenvalue weighted by atomic mass is 16.1. The largest absolute Gasteiger partial charge is 0.355 e. The van der Waals surface area contributed by atoms with Crippen LogP contribution in [-0.2, 0) is 4.79 Å². The molecule has 72 valence electrons. The summed E-state index contributed by atoms with van der Waals surface area (Å²) in [4.78, 5) is 11.1. The molecular formula is C9H20N2O. The molecule has 12 heavy (non-hydrogen) atoms. The first-order valence-corrected chi connectivity index (χ1v) is 4.50. The highest BCUT2D eigenvalue weighted by Crippen LogP contribution is 1.97. The highest BCUT2D eigenvalue weighted by Gasteiger charge is 2.05. The third kappa shape index (κ3) is 6.16. The molecule has 3 nitrogen and oxygen atoms in total. The first kappa shape index (κ1) is 11.4. The van der Waals surface area contributed by atoms with Crippen LogP contribution in [0.1, 0.15) is 27.2 Å². The molecule has 0 aromatic heterocycles. The molecule has 0 fully saturated rings. The summed E-state index contributed by atoms with van der Waals surface area (Å²) < 4.78 is 0. The van der Waals surface area contributed by atoms with Gasteiger partial charge in [-0.1, -0.05) is 13.8 Å². The summed E-state index contributed by atoms with van der Waals surface area (Å²) in [5.74, 6) is 0.585. The van der Waals surface area contributed by atoms with Crippen LogP contribution in [0.25, 0.3) is 0 Å². The van der Waals surface area contributed by atoms with Crippen LogP contribution < -0.4 is 10.6 Å². The predicted octanol–water partition coefficient (Wildman–Crippen LogP) is 0.757. The second-order valence-electron chi connectivity index (χ2n) is 3.59. The van der Waals surface area contributed by atoms with Crippen molar-refractivity contribution in [3.63, 3.8) is 0 Å². The van der Waals surface area contributed by atoms with Crippen molar-refractivity contribution in [3.8, 4) is 0 Å². The minimum Gasteiger partial charge on any atom is -0.355 e. The van der Waals surface area contributed by atoms with Gasteiger partial charge in [-0.2, -0.15) is 0 Å². The molecule has 0 aliphatic heterocycles. The zero-order chi connectivity index (χ0) is 9.56. The predicted molar refractivity (Wildman–Crippen MR) is 51.0 cm³/mol. The van der Waals surface area contributed by atoms with Crippen molar-refractivity contribution in [1.29, 1.82) is 0 Å². The summed E-state index contributed by atoms with van der Waals surface area (Å²) in [6, 6.07) is 0.348. The highest BCUT2D eigenvalue weighted by molar-refractivity contribution is 5.76. The van der Waals surface area contributed by atoms with Crippen LogP contribution >= 0.6 is 0 Å². The Balaban J connectivity index is 3.44. The Kier molecular flexibility index (Phi) is 5.72. The van der Waals surface area contributed by atoms with E-state index in [1.54, 1.807) is 0 Å². The minimum absolute atomic E-state index is 0.145. The van der Waals surface area contributed by atoms with Crippen LogP contribution in [0.2, 0.25) is 0 Å². The molecule has 0 aliphatic rings. The Hall–Kier alpha value is -0.570. The third-order valence-corrected chi connectivity index (χ3v) is 1.69. The maximum atomic E-state index is 11.1. The molecule has 0 radical (unpaired) electrons. The van der Waals surface area contributed by atoms with E-state index in [2.05, 4.69) is 10.6 Å². The zero-order valence-corrected chi connectivity index (χ0v) is 8.48. The summed E-state index contributed by atoms with van der Waals surface area (Å²) in [6.07, 6.45) is 0.621. The molecule has 0 saturated heterocycles. The number of carbonyl (C=O) groups is 1. The average molecular weight is 172 g/mol. The molecule has 2 N–H and O–H groups in total. The second kappa shape index (κ2) is 6.00. The molecular weight excluding hydrogens is 152 g/mol. The smallest absolute Gasteiger partial charge is 0.220 e. The van der Waals surface area contributed by atoms with Crippen LogP contribution in [0.5, 0.6) is 0 Å². The molecule has 0 heterocycles. The summed E-state index contributed by atoms with van der Waals surface area (Å²) in [5.41, 5.74) is 0. The van der Waals surface area contributed by atoms with E-state index in [4.69, 9.17) is 0 Å². The van der Waals surface area contributed by atoms with E-state index in [-0.39, 0.29) is 5.91 Å². The van der Waals surface area contributed by atoms with Gasteiger partial charge in [0.05, 0.1) is 0 Å². The van der Waals surface area contributed by atoms with Gasteiger partial charge < -0.3 is 10.6 Å². The summed E-state index contributed by atoms with van der Waals surface area (Å²) in [5, 5.41) is 5.92. The van der Waals surface area contributed by atoms with Crippen molar-refractivity contribution in [2.24, 2.45) is 5.92 Å². The average Bonchev–Trinajstić information content (AvgIpc) is 1.99. The molecule has 0 aliphatic carbocycles. The van der Waals surface area contributed by atoms with E-state index in [1.807, 2.05) is 27.8 Å². The van der Waals surface area contributed by atoms with Crippen molar-refractivity contribution >= 4 is 5.91 Å². The van der Waals surface area contributed by atoms with Crippen LogP contribution in [0, 0.1) is 5.92 Å². The van der Waals surface area contributed by atoms with E-state index in [0.29, 0.717) is 24.9 Å². The maximum Gasteiger partial charge on any atom is 0.220 e. The Morgan fingerprint density at radius 3 is 2.33 bits per heavy atom. The number of hydrogen-bond donors (Lipinski definition) is 2. The van der Waals surface area contributed by atoms with Crippen LogP contribution in [-0.4, -0.2) is 25.5 Å². The van der Waals surface area contributed by atoms with Gasteiger partial charge in [-0.05, 0) is 19.9 Å². The first-order chi connectivity index (χ1) is 5.56. The molecule has 0 aromatic carbocycles. The molecule has 0 saturated carbocycles. The number of nitrogens with one attached hydrogen (secondary N) is 2. The molecule has 1 unspecified atom stereocenters. The molecule has 1 amide bonds. The van der Waals surface area contributed by atoms with Crippen molar-refractivity contribution in [2.75, 3.05) is 13.6 Å². The molecule has 1 atom stereocenters. The Bertz CT molecular complexity index is 134. The quantitative estimate of drug-likeness (QED) is 0.642. The Morgan fingerprint density at radius 2 is 1.92 bits per heavy atom. The van der Waals surface area contributed by atoms with Crippen molar-refractivity contribution in [2.45, 2.75) is 33.2 Å². The van der Waals surface area contributed by atoms with E-state index < -0.39 is 0 Å². The monoisotopic (exact) mass is 172 g/mol. The molecule has 0 aromatic rings. The first-order valence-electron chi connectivity index (χ1n) is 4.50. The maximum absolute atomic E-state index is 11.1. The van der Waals surface area contributed by atoms with E-state index in [9.17, 15) is 4.79 Å². The fraction of sp³-hybridized carbons (Fsp3) is 0.889. The summed E-state index contributed by atoms with van der Waals surface area (Å²) in [6.45, 7) is 6.83. The van der Waals surface area contributed by atoms with Crippen molar-refractivity contribution in [3.05, 3.63) is 0 Å². The molecule has 0 rings (SSSR count). The van der Waals surface area contributed by atoms with E-state index in [1.165, 1.54) is 0 Å². The Morgan fingerprint density at radius 1 is 1.33 bits per heavy atom. The standard InChI is InChI=1S/C9H20N2O/c1-7(2)5-9(12)11-6-8(3)10-4/h7-8,10H,5-6H2,1-4H3,(H,11,12). The molecule has 0 spiro atoms. The lowest BCUT2D eigenvalue weighted by Gasteiger charge is -2.11. The zero-order valence-electron chi connectivity index (χ0n) is 8.48. The van der Waals surface area contributed by atoms with Gasteiger partial charge in [0, 0.05) is 19.0 Å². The van der Waals surface area contributed by atoms with Crippen LogP contribution in [0.3, 0.4) is 0 Å². The molecule has 3 heteroatoms. The van der Waals surface area contributed by atoms with Crippen LogP contribution in [0.4, 0.5) is 0 Å². The fourth-order valence-corrected chi connectivity index (χ4v) is 0.812. The molecule has 0 bridgehead atoms. The summed E-state index contributed by atoms with van der Waals surface area (Å²) >= 11 is 0. The van der Waals surface area contributed by atoms with E-state index >= 15 is 0 Å². The SMILES string of the molecule is CNC(C)CNC(=O)CC(C)C. The number of carbonyl (C=O) groups excluding carboxylic acids is 1. The lowest BCUT2D eigenvalue weighted by Crippen LogP contribution is -2.37. The van der Waals surface area contributed by atoms with Crippen molar-refractivity contribution < 1.29 is 4.79 Å². The van der Waals surface area contributed by atoms with Gasteiger partial charge in [-0.3, -0.25) is 4.79 Å². The number of rotatable bonds is 5. The lowest BCUT2D eigenvalue weighted by atomic mass is 10.1. The number of likely N-dealkylation sites (N-methyl/N-ethyl adjacent to an activating group) is 1. The van der Waals surface area contributed by atoms with Gasteiger partial charge in [0.15, 0.2) is 0 Å². The van der Waals surface area contributed by atoms with E-state index in [0.717, 1.165) is 0 Å². The van der Waals surface area contributed by atoms with Gasteiger partial charge in [-0.15, -0.1) is 0 Å². The Labute approximate surface area is 74.9 Å². The fourth-order valence-electron chi connectivity index (χ4n) is 0.812. The van der Waals surface area contributed by atoms with Gasteiger partial charge in [0.25, 0.3) is 0 Å². The van der Waals surface area contributed by atoms with Gasteiger partial charge in [-0.25, -0.2) is 0 Å². The van der Waals surface area contributed by atoms with Gasteiger partial charge in [0.2, 0.25) is 5.91 Å². The summed E-state index contributed by atoms with van der Waals surface area (Å²) in [7, 11) is 1.89. The van der Waals surface area contributed by atoms with Gasteiger partial charge in [0.1, 0.15) is 0 Å². The minimum atomic E-state index is 0.145. The van der Waals surface area contributed by atoms with Crippen molar-refractivity contribution in [1.82, 2.24) is 10.6 Å². The second-order valence-corrected chi connectivity index (χ2v) is 3.59. The topological polar surface area (TPSA) is 41.1 Å². The third-order valence-electron chi connectivity index (χ3n) is 1.69. The van der Waals surface area contributed by atoms with Gasteiger partial charge >= 0.3 is 0 Å². The normalized spacial score (nSPS) is 13.1. The lowest BCUT2D eigenvalue weighted by molar-refractivity contribution is -0.121. The number of amides is 1.